The number of hydrogen-bond donors (Lipinski definition) is 1. The Labute approximate surface area is 230 Å². The zero-order chi connectivity index (χ0) is 24.6. The SMILES string of the molecule is OCCCCCCCCCCCCCCCCCCCCCCCCCCCCCCCCI. The molecular weight excluding hydrogens is 527 g/mol. The molecule has 0 amide bonds. The van der Waals surface area contributed by atoms with Crippen molar-refractivity contribution in [3.8, 4) is 0 Å². The predicted molar refractivity (Wildman–Crippen MR) is 164 cm³/mol. The molecule has 0 rings (SSSR count). The van der Waals surface area contributed by atoms with Crippen molar-refractivity contribution in [1.82, 2.24) is 0 Å². The Bertz CT molecular complexity index is 301. The van der Waals surface area contributed by atoms with Crippen LogP contribution in [0.2, 0.25) is 0 Å². The van der Waals surface area contributed by atoms with Gasteiger partial charge in [-0.05, 0) is 17.3 Å². The lowest BCUT2D eigenvalue weighted by Gasteiger charge is -2.04. The zero-order valence-corrected chi connectivity index (χ0v) is 25.6. The summed E-state index contributed by atoms with van der Waals surface area (Å²) < 4.78 is 1.34. The van der Waals surface area contributed by atoms with Gasteiger partial charge in [0.05, 0.1) is 0 Å². The summed E-state index contributed by atoms with van der Waals surface area (Å²) in [5.74, 6) is 0. The number of hydrogen-bond acceptors (Lipinski definition) is 1. The van der Waals surface area contributed by atoms with Crippen LogP contribution >= 0.6 is 22.6 Å². The largest absolute Gasteiger partial charge is 0.396 e. The van der Waals surface area contributed by atoms with Crippen LogP contribution < -0.4 is 0 Å². The molecule has 0 saturated heterocycles. The van der Waals surface area contributed by atoms with E-state index in [4.69, 9.17) is 5.11 Å². The van der Waals surface area contributed by atoms with E-state index in [-0.39, 0.29) is 0 Å². The van der Waals surface area contributed by atoms with E-state index in [0.717, 1.165) is 6.42 Å². The van der Waals surface area contributed by atoms with Crippen LogP contribution in [-0.2, 0) is 0 Å². The van der Waals surface area contributed by atoms with Gasteiger partial charge >= 0.3 is 0 Å². The van der Waals surface area contributed by atoms with Gasteiger partial charge in [0.15, 0.2) is 0 Å². The Morgan fingerprint density at radius 1 is 0.235 bits per heavy atom. The summed E-state index contributed by atoms with van der Waals surface area (Å²) in [6.07, 6.45) is 43.1. The smallest absolute Gasteiger partial charge is 0.0431 e. The first kappa shape index (κ1) is 34.7. The third-order valence-corrected chi connectivity index (χ3v) is 8.30. The number of aliphatic hydroxyl groups is 1. The van der Waals surface area contributed by atoms with Crippen molar-refractivity contribution in [1.29, 1.82) is 0 Å². The second kappa shape index (κ2) is 33.7. The highest BCUT2D eigenvalue weighted by molar-refractivity contribution is 14.1. The van der Waals surface area contributed by atoms with E-state index in [9.17, 15) is 0 Å². The normalized spacial score (nSPS) is 11.5. The van der Waals surface area contributed by atoms with Crippen LogP contribution in [0.1, 0.15) is 193 Å². The van der Waals surface area contributed by atoms with E-state index in [1.54, 1.807) is 0 Å². The highest BCUT2D eigenvalue weighted by Gasteiger charge is 1.97. The van der Waals surface area contributed by atoms with E-state index >= 15 is 0 Å². The van der Waals surface area contributed by atoms with E-state index in [0.29, 0.717) is 6.61 Å². The Morgan fingerprint density at radius 2 is 0.382 bits per heavy atom. The van der Waals surface area contributed by atoms with Crippen LogP contribution in [0, 0.1) is 0 Å². The third-order valence-electron chi connectivity index (χ3n) is 7.54. The third kappa shape index (κ3) is 32.7. The van der Waals surface area contributed by atoms with Crippen molar-refractivity contribution in [3.63, 3.8) is 0 Å². The molecule has 0 heterocycles. The van der Waals surface area contributed by atoms with Crippen molar-refractivity contribution < 1.29 is 5.11 Å². The number of rotatable bonds is 31. The van der Waals surface area contributed by atoms with E-state index < -0.39 is 0 Å². The van der Waals surface area contributed by atoms with Crippen molar-refractivity contribution in [2.24, 2.45) is 0 Å². The van der Waals surface area contributed by atoms with Crippen molar-refractivity contribution in [2.45, 2.75) is 193 Å². The Kier molecular flexibility index (Phi) is 34.4. The molecule has 0 aliphatic heterocycles. The molecular formula is C32H65IO. The second-order valence-electron chi connectivity index (χ2n) is 11.0. The molecule has 0 unspecified atom stereocenters. The maximum absolute atomic E-state index is 8.77. The van der Waals surface area contributed by atoms with Gasteiger partial charge in [-0.2, -0.15) is 0 Å². The lowest BCUT2D eigenvalue weighted by Crippen LogP contribution is -1.85. The fourth-order valence-corrected chi connectivity index (χ4v) is 5.70. The van der Waals surface area contributed by atoms with Crippen molar-refractivity contribution >= 4 is 22.6 Å². The van der Waals surface area contributed by atoms with Crippen LogP contribution in [0.25, 0.3) is 0 Å². The minimum absolute atomic E-state index is 0.374. The Balaban J connectivity index is 2.99. The summed E-state index contributed by atoms with van der Waals surface area (Å²) in [5.41, 5.74) is 0. The molecule has 0 spiro atoms. The van der Waals surface area contributed by atoms with Gasteiger partial charge < -0.3 is 5.11 Å². The summed E-state index contributed by atoms with van der Waals surface area (Å²) in [6.45, 7) is 0.374. The lowest BCUT2D eigenvalue weighted by atomic mass is 10.0. The summed E-state index contributed by atoms with van der Waals surface area (Å²) in [7, 11) is 0. The molecule has 0 saturated carbocycles. The Hall–Kier alpha value is 0.690. The fraction of sp³-hybridized carbons (Fsp3) is 1.00. The second-order valence-corrected chi connectivity index (χ2v) is 12.1. The number of unbranched alkanes of at least 4 members (excludes halogenated alkanes) is 29. The summed E-state index contributed by atoms with van der Waals surface area (Å²) in [4.78, 5) is 0. The highest BCUT2D eigenvalue weighted by Crippen LogP contribution is 2.16. The van der Waals surface area contributed by atoms with Crippen molar-refractivity contribution in [2.75, 3.05) is 11.0 Å². The van der Waals surface area contributed by atoms with Gasteiger partial charge in [-0.3, -0.25) is 0 Å². The standard InChI is InChI=1S/C32H65IO/c33-31-29-27-25-23-21-19-17-15-13-11-9-7-5-3-1-2-4-6-8-10-12-14-16-18-20-22-24-26-28-30-32-34/h34H,1-32H2. The van der Waals surface area contributed by atoms with Gasteiger partial charge in [0.2, 0.25) is 0 Å². The summed E-state index contributed by atoms with van der Waals surface area (Å²) in [5, 5.41) is 8.77. The molecule has 1 N–H and O–H groups in total. The minimum Gasteiger partial charge on any atom is -0.396 e. The van der Waals surface area contributed by atoms with Gasteiger partial charge in [-0.15, -0.1) is 0 Å². The molecule has 206 valence electrons. The molecule has 0 fully saturated rings. The predicted octanol–water partition coefficient (Wildman–Crippen LogP) is 12.1. The molecule has 34 heavy (non-hydrogen) atoms. The molecule has 0 aromatic heterocycles. The quantitative estimate of drug-likeness (QED) is 0.0482. The van der Waals surface area contributed by atoms with Crippen LogP contribution in [-0.4, -0.2) is 16.1 Å². The molecule has 0 radical (unpaired) electrons. The zero-order valence-electron chi connectivity index (χ0n) is 23.5. The molecule has 0 bridgehead atoms. The Morgan fingerprint density at radius 3 is 0.529 bits per heavy atom. The molecule has 1 nitrogen and oxygen atoms in total. The first-order valence-corrected chi connectivity index (χ1v) is 17.6. The summed E-state index contributed by atoms with van der Waals surface area (Å²) in [6, 6.07) is 0. The average Bonchev–Trinajstić information content (AvgIpc) is 2.85. The molecule has 2 heteroatoms. The maximum atomic E-state index is 8.77. The molecule has 0 aliphatic carbocycles. The maximum Gasteiger partial charge on any atom is 0.0431 e. The number of halogens is 1. The van der Waals surface area contributed by atoms with Crippen LogP contribution in [0.5, 0.6) is 0 Å². The van der Waals surface area contributed by atoms with Crippen LogP contribution in [0.3, 0.4) is 0 Å². The van der Waals surface area contributed by atoms with Gasteiger partial charge in [0, 0.05) is 6.61 Å². The number of aliphatic hydroxyl groups excluding tert-OH is 1. The minimum atomic E-state index is 0.374. The molecule has 0 aromatic rings. The van der Waals surface area contributed by atoms with Gasteiger partial charge in [0.25, 0.3) is 0 Å². The molecule has 0 aromatic carbocycles. The monoisotopic (exact) mass is 592 g/mol. The highest BCUT2D eigenvalue weighted by atomic mass is 127. The van der Waals surface area contributed by atoms with E-state index in [2.05, 4.69) is 22.6 Å². The topological polar surface area (TPSA) is 20.2 Å². The molecule has 0 aliphatic rings. The first-order chi connectivity index (χ1) is 16.9. The summed E-state index contributed by atoms with van der Waals surface area (Å²) >= 11 is 2.50. The fourth-order valence-electron chi connectivity index (χ4n) is 5.16. The average molecular weight is 593 g/mol. The van der Waals surface area contributed by atoms with Crippen molar-refractivity contribution in [3.05, 3.63) is 0 Å². The van der Waals surface area contributed by atoms with E-state index in [1.165, 1.54) is 191 Å². The first-order valence-electron chi connectivity index (χ1n) is 16.1. The molecule has 0 atom stereocenters. The van der Waals surface area contributed by atoms with Crippen LogP contribution in [0.4, 0.5) is 0 Å². The van der Waals surface area contributed by atoms with Gasteiger partial charge in [0.1, 0.15) is 0 Å². The van der Waals surface area contributed by atoms with Crippen LogP contribution in [0.15, 0.2) is 0 Å². The van der Waals surface area contributed by atoms with Gasteiger partial charge in [-0.25, -0.2) is 0 Å². The lowest BCUT2D eigenvalue weighted by molar-refractivity contribution is 0.282. The van der Waals surface area contributed by atoms with Gasteiger partial charge in [-0.1, -0.05) is 202 Å². The number of alkyl halides is 1. The van der Waals surface area contributed by atoms with E-state index in [1.807, 2.05) is 0 Å².